The number of carbonyl (C=O) groups is 1. The van der Waals surface area contributed by atoms with Crippen LogP contribution in [0.1, 0.15) is 21.6 Å². The highest BCUT2D eigenvalue weighted by atomic mass is 16.6. The number of hydrogen-bond donors (Lipinski definition) is 1. The van der Waals surface area contributed by atoms with Crippen molar-refractivity contribution >= 4 is 6.29 Å². The van der Waals surface area contributed by atoms with Crippen molar-refractivity contribution in [1.29, 1.82) is 0 Å². The van der Waals surface area contributed by atoms with E-state index in [9.17, 15) is 9.90 Å². The van der Waals surface area contributed by atoms with Crippen LogP contribution in [0.15, 0.2) is 48.7 Å². The first-order valence-electron chi connectivity index (χ1n) is 8.92. The van der Waals surface area contributed by atoms with Crippen LogP contribution in [0.3, 0.4) is 0 Å². The third kappa shape index (κ3) is 3.36. The Bertz CT molecular complexity index is 1030. The number of benzene rings is 2. The van der Waals surface area contributed by atoms with Crippen LogP contribution in [0, 0.1) is 6.92 Å². The van der Waals surface area contributed by atoms with Crippen LogP contribution in [-0.4, -0.2) is 29.6 Å². The summed E-state index contributed by atoms with van der Waals surface area (Å²) >= 11 is 0. The molecule has 0 amide bonds. The summed E-state index contributed by atoms with van der Waals surface area (Å²) in [4.78, 5) is 15.4. The minimum Gasteiger partial charge on any atom is -0.504 e. The molecule has 0 radical (unpaired) electrons. The molecular formula is C22H19NO5. The summed E-state index contributed by atoms with van der Waals surface area (Å²) in [5, 5.41) is 10.1. The van der Waals surface area contributed by atoms with E-state index in [0.29, 0.717) is 19.5 Å². The molecule has 0 atom stereocenters. The minimum atomic E-state index is -0.168. The van der Waals surface area contributed by atoms with Crippen molar-refractivity contribution in [3.8, 4) is 34.1 Å². The van der Waals surface area contributed by atoms with Gasteiger partial charge in [-0.25, -0.2) is 0 Å². The second kappa shape index (κ2) is 7.60. The Morgan fingerprint density at radius 1 is 1.14 bits per heavy atom. The summed E-state index contributed by atoms with van der Waals surface area (Å²) in [5.41, 5.74) is 3.90. The second-order valence-electron chi connectivity index (χ2n) is 6.39. The molecule has 2 heterocycles. The Morgan fingerprint density at radius 3 is 2.79 bits per heavy atom. The van der Waals surface area contributed by atoms with E-state index in [1.807, 2.05) is 31.2 Å². The normalized spacial score (nSPS) is 12.5. The fraction of sp³-hybridized carbons (Fsp3) is 0.182. The SMILES string of the molecule is Cc1c(-c2ccc3c(c2)OCCO3)ccnc1COc1cccc(C=O)c1O. The quantitative estimate of drug-likeness (QED) is 0.679. The van der Waals surface area contributed by atoms with Crippen molar-refractivity contribution in [2.45, 2.75) is 13.5 Å². The van der Waals surface area contributed by atoms with Crippen molar-refractivity contribution < 1.29 is 24.1 Å². The Morgan fingerprint density at radius 2 is 1.96 bits per heavy atom. The maximum atomic E-state index is 11.0. The number of para-hydroxylation sites is 1. The first-order valence-corrected chi connectivity index (χ1v) is 8.92. The second-order valence-corrected chi connectivity index (χ2v) is 6.39. The Hall–Kier alpha value is -3.54. The number of nitrogens with zero attached hydrogens (tertiary/aromatic N) is 1. The molecule has 1 aromatic heterocycles. The van der Waals surface area contributed by atoms with Crippen LogP contribution < -0.4 is 14.2 Å². The first-order chi connectivity index (χ1) is 13.7. The van der Waals surface area contributed by atoms with Crippen molar-refractivity contribution in [1.82, 2.24) is 4.98 Å². The fourth-order valence-electron chi connectivity index (χ4n) is 3.15. The van der Waals surface area contributed by atoms with Gasteiger partial charge < -0.3 is 19.3 Å². The van der Waals surface area contributed by atoms with E-state index in [0.717, 1.165) is 33.9 Å². The highest BCUT2D eigenvalue weighted by molar-refractivity contribution is 5.80. The van der Waals surface area contributed by atoms with E-state index in [-0.39, 0.29) is 23.7 Å². The van der Waals surface area contributed by atoms with Gasteiger partial charge in [0, 0.05) is 6.20 Å². The molecule has 3 aromatic rings. The molecule has 0 aliphatic carbocycles. The lowest BCUT2D eigenvalue weighted by Gasteiger charge is -2.19. The lowest BCUT2D eigenvalue weighted by atomic mass is 10.00. The van der Waals surface area contributed by atoms with Crippen LogP contribution in [0.25, 0.3) is 11.1 Å². The van der Waals surface area contributed by atoms with Gasteiger partial charge in [-0.1, -0.05) is 12.1 Å². The molecule has 2 aromatic carbocycles. The number of aldehydes is 1. The molecule has 142 valence electrons. The van der Waals surface area contributed by atoms with Gasteiger partial charge in [0.15, 0.2) is 29.3 Å². The van der Waals surface area contributed by atoms with E-state index < -0.39 is 0 Å². The summed E-state index contributed by atoms with van der Waals surface area (Å²) in [6.07, 6.45) is 2.31. The topological polar surface area (TPSA) is 77.9 Å². The number of ether oxygens (including phenoxy) is 3. The molecule has 0 saturated heterocycles. The van der Waals surface area contributed by atoms with E-state index >= 15 is 0 Å². The highest BCUT2D eigenvalue weighted by Crippen LogP contribution is 2.36. The fourth-order valence-corrected chi connectivity index (χ4v) is 3.15. The van der Waals surface area contributed by atoms with Crippen LogP contribution in [-0.2, 0) is 6.61 Å². The van der Waals surface area contributed by atoms with Crippen molar-refractivity contribution in [2.75, 3.05) is 13.2 Å². The zero-order valence-corrected chi connectivity index (χ0v) is 15.3. The number of aromatic nitrogens is 1. The summed E-state index contributed by atoms with van der Waals surface area (Å²) in [7, 11) is 0. The molecule has 0 unspecified atom stereocenters. The number of hydrogen-bond acceptors (Lipinski definition) is 6. The Labute approximate surface area is 162 Å². The molecule has 6 nitrogen and oxygen atoms in total. The molecular weight excluding hydrogens is 358 g/mol. The van der Waals surface area contributed by atoms with Crippen molar-refractivity contribution in [3.05, 3.63) is 65.5 Å². The largest absolute Gasteiger partial charge is 0.504 e. The summed E-state index contributed by atoms with van der Waals surface area (Å²) in [5.74, 6) is 1.55. The third-order valence-electron chi connectivity index (χ3n) is 4.68. The van der Waals surface area contributed by atoms with E-state index in [4.69, 9.17) is 14.2 Å². The zero-order valence-electron chi connectivity index (χ0n) is 15.3. The van der Waals surface area contributed by atoms with Gasteiger partial charge >= 0.3 is 0 Å². The molecule has 0 fully saturated rings. The van der Waals surface area contributed by atoms with Crippen molar-refractivity contribution in [3.63, 3.8) is 0 Å². The lowest BCUT2D eigenvalue weighted by Crippen LogP contribution is -2.15. The molecule has 4 rings (SSSR count). The maximum absolute atomic E-state index is 11.0. The minimum absolute atomic E-state index is 0.167. The third-order valence-corrected chi connectivity index (χ3v) is 4.68. The zero-order chi connectivity index (χ0) is 19.5. The molecule has 1 aliphatic heterocycles. The van der Waals surface area contributed by atoms with Gasteiger partial charge in [-0.15, -0.1) is 0 Å². The number of rotatable bonds is 5. The maximum Gasteiger partial charge on any atom is 0.168 e. The first kappa shape index (κ1) is 17.9. The van der Waals surface area contributed by atoms with Gasteiger partial charge in [-0.3, -0.25) is 9.78 Å². The number of phenols is 1. The van der Waals surface area contributed by atoms with E-state index in [1.165, 1.54) is 6.07 Å². The monoisotopic (exact) mass is 377 g/mol. The van der Waals surface area contributed by atoms with Crippen LogP contribution in [0.2, 0.25) is 0 Å². The van der Waals surface area contributed by atoms with Crippen LogP contribution in [0.5, 0.6) is 23.0 Å². The van der Waals surface area contributed by atoms with Gasteiger partial charge in [-0.05, 0) is 53.9 Å². The summed E-state index contributed by atoms with van der Waals surface area (Å²) in [6.45, 7) is 3.23. The van der Waals surface area contributed by atoms with Crippen LogP contribution >= 0.6 is 0 Å². The van der Waals surface area contributed by atoms with Crippen molar-refractivity contribution in [2.24, 2.45) is 0 Å². The van der Waals surface area contributed by atoms with Gasteiger partial charge in [0.1, 0.15) is 19.8 Å². The number of pyridine rings is 1. The predicted molar refractivity (Wildman–Crippen MR) is 103 cm³/mol. The Kier molecular flexibility index (Phi) is 4.85. The highest BCUT2D eigenvalue weighted by Gasteiger charge is 2.15. The van der Waals surface area contributed by atoms with Gasteiger partial charge in [0.25, 0.3) is 0 Å². The summed E-state index contributed by atoms with van der Waals surface area (Å²) in [6, 6.07) is 12.6. The number of phenolic OH excluding ortho intramolecular Hbond substituents is 1. The number of fused-ring (bicyclic) bond motifs is 1. The molecule has 1 N–H and O–H groups in total. The molecule has 6 heteroatoms. The molecule has 1 aliphatic rings. The van der Waals surface area contributed by atoms with E-state index in [1.54, 1.807) is 18.3 Å². The Balaban J connectivity index is 1.60. The van der Waals surface area contributed by atoms with Gasteiger partial charge in [0.05, 0.1) is 11.3 Å². The molecule has 0 spiro atoms. The standard InChI is InChI=1S/C22H19NO5/c1-14-17(15-5-6-19-21(11-15)27-10-9-26-19)7-8-23-18(14)13-28-20-4-2-3-16(12-24)22(20)25/h2-8,11-12,25H,9-10,13H2,1H3. The molecule has 28 heavy (non-hydrogen) atoms. The lowest BCUT2D eigenvalue weighted by molar-refractivity contribution is 0.112. The number of aromatic hydroxyl groups is 1. The average molecular weight is 377 g/mol. The van der Waals surface area contributed by atoms with Gasteiger partial charge in [-0.2, -0.15) is 0 Å². The smallest absolute Gasteiger partial charge is 0.168 e. The summed E-state index contributed by atoms with van der Waals surface area (Å²) < 4.78 is 17.0. The average Bonchev–Trinajstić information content (AvgIpc) is 2.73. The predicted octanol–water partition coefficient (Wildman–Crippen LogP) is 3.93. The molecule has 0 saturated carbocycles. The van der Waals surface area contributed by atoms with E-state index in [2.05, 4.69) is 4.98 Å². The van der Waals surface area contributed by atoms with Gasteiger partial charge in [0.2, 0.25) is 0 Å². The number of carbonyl (C=O) groups excluding carboxylic acids is 1. The molecule has 0 bridgehead atoms. The van der Waals surface area contributed by atoms with Crippen LogP contribution in [0.4, 0.5) is 0 Å².